The Labute approximate surface area is 107 Å². The molecule has 4 heteroatoms. The fraction of sp³-hybridized carbons (Fsp3) is 0.462. The lowest BCUT2D eigenvalue weighted by molar-refractivity contribution is -0.123. The summed E-state index contributed by atoms with van der Waals surface area (Å²) in [5.74, 6) is 0.978. The first-order valence-electron chi connectivity index (χ1n) is 5.82. The zero-order valence-electron chi connectivity index (χ0n) is 10.3. The number of rotatable bonds is 6. The van der Waals surface area contributed by atoms with E-state index in [2.05, 4.69) is 17.4 Å². The van der Waals surface area contributed by atoms with Crippen molar-refractivity contribution in [3.63, 3.8) is 0 Å². The van der Waals surface area contributed by atoms with Gasteiger partial charge in [-0.3, -0.25) is 4.79 Å². The van der Waals surface area contributed by atoms with Crippen LogP contribution in [0.4, 0.5) is 0 Å². The summed E-state index contributed by atoms with van der Waals surface area (Å²) in [7, 11) is 0. The molecule has 0 aromatic heterocycles. The smallest absolute Gasteiger partial charge is 0.237 e. The fourth-order valence-corrected chi connectivity index (χ4v) is 2.07. The molecule has 1 atom stereocenters. The van der Waals surface area contributed by atoms with Gasteiger partial charge in [-0.25, -0.2) is 0 Å². The predicted octanol–water partition coefficient (Wildman–Crippen LogP) is 1.88. The molecule has 3 nitrogen and oxygen atoms in total. The van der Waals surface area contributed by atoms with E-state index in [1.165, 1.54) is 4.90 Å². The minimum Gasteiger partial charge on any atom is -0.354 e. The van der Waals surface area contributed by atoms with E-state index < -0.39 is 6.04 Å². The van der Waals surface area contributed by atoms with Gasteiger partial charge in [0.1, 0.15) is 0 Å². The van der Waals surface area contributed by atoms with Crippen LogP contribution in [0.25, 0.3) is 0 Å². The summed E-state index contributed by atoms with van der Waals surface area (Å²) in [6.07, 6.45) is 0. The third-order valence-electron chi connectivity index (χ3n) is 2.43. The molecule has 0 radical (unpaired) electrons. The number of hydrogen-bond acceptors (Lipinski definition) is 3. The molecule has 1 amide bonds. The molecular formula is C13H20N2OS. The molecule has 0 unspecified atom stereocenters. The van der Waals surface area contributed by atoms with Gasteiger partial charge in [0.05, 0.1) is 6.04 Å². The number of benzene rings is 1. The molecule has 0 saturated carbocycles. The van der Waals surface area contributed by atoms with E-state index in [-0.39, 0.29) is 11.8 Å². The first-order chi connectivity index (χ1) is 8.11. The average Bonchev–Trinajstić information content (AvgIpc) is 2.34. The molecule has 0 fully saturated rings. The highest BCUT2D eigenvalue weighted by molar-refractivity contribution is 7.99. The van der Waals surface area contributed by atoms with E-state index in [0.717, 1.165) is 5.75 Å². The molecule has 0 aliphatic carbocycles. The largest absolute Gasteiger partial charge is 0.354 e. The second kappa shape index (κ2) is 7.35. The molecule has 1 aromatic rings. The molecule has 0 saturated heterocycles. The quantitative estimate of drug-likeness (QED) is 0.600. The number of carbonyl (C=O) groups is 1. The van der Waals surface area contributed by atoms with E-state index >= 15 is 0 Å². The number of nitrogens with one attached hydrogen (secondary N) is 1. The van der Waals surface area contributed by atoms with Crippen molar-refractivity contribution in [1.29, 1.82) is 0 Å². The summed E-state index contributed by atoms with van der Waals surface area (Å²) in [6, 6.07) is 9.73. The Morgan fingerprint density at radius 3 is 2.59 bits per heavy atom. The first-order valence-corrected chi connectivity index (χ1v) is 6.81. The van der Waals surface area contributed by atoms with Crippen LogP contribution in [0.2, 0.25) is 0 Å². The van der Waals surface area contributed by atoms with Gasteiger partial charge < -0.3 is 11.1 Å². The maximum absolute atomic E-state index is 11.6. The highest BCUT2D eigenvalue weighted by Crippen LogP contribution is 2.15. The van der Waals surface area contributed by atoms with Crippen LogP contribution in [0.15, 0.2) is 35.2 Å². The highest BCUT2D eigenvalue weighted by Gasteiger charge is 2.15. The van der Waals surface area contributed by atoms with Gasteiger partial charge >= 0.3 is 0 Å². The molecule has 0 aliphatic rings. The van der Waals surface area contributed by atoms with Crippen molar-refractivity contribution in [1.82, 2.24) is 5.32 Å². The lowest BCUT2D eigenvalue weighted by Gasteiger charge is -2.15. The third-order valence-corrected chi connectivity index (χ3v) is 3.45. The summed E-state index contributed by atoms with van der Waals surface area (Å²) < 4.78 is 0. The lowest BCUT2D eigenvalue weighted by Crippen LogP contribution is -2.44. The molecule has 94 valence electrons. The van der Waals surface area contributed by atoms with Crippen LogP contribution in [0, 0.1) is 5.92 Å². The van der Waals surface area contributed by atoms with Gasteiger partial charge in [0.15, 0.2) is 0 Å². The van der Waals surface area contributed by atoms with E-state index in [1.54, 1.807) is 11.8 Å². The number of carbonyl (C=O) groups excluding carboxylic acids is 1. The Bertz CT molecular complexity index is 341. The zero-order chi connectivity index (χ0) is 12.7. The van der Waals surface area contributed by atoms with Crippen LogP contribution >= 0.6 is 11.8 Å². The van der Waals surface area contributed by atoms with Gasteiger partial charge in [-0.1, -0.05) is 32.0 Å². The van der Waals surface area contributed by atoms with Crippen molar-refractivity contribution in [3.05, 3.63) is 30.3 Å². The molecule has 1 aromatic carbocycles. The molecule has 3 N–H and O–H groups in total. The summed E-state index contributed by atoms with van der Waals surface area (Å²) in [4.78, 5) is 12.8. The van der Waals surface area contributed by atoms with Crippen LogP contribution in [0.1, 0.15) is 13.8 Å². The predicted molar refractivity (Wildman–Crippen MR) is 73.0 cm³/mol. The minimum absolute atomic E-state index is 0.0614. The number of hydrogen-bond donors (Lipinski definition) is 2. The van der Waals surface area contributed by atoms with E-state index in [9.17, 15) is 4.79 Å². The second-order valence-corrected chi connectivity index (χ2v) is 5.39. The summed E-state index contributed by atoms with van der Waals surface area (Å²) in [5, 5.41) is 2.85. The Morgan fingerprint density at radius 2 is 2.00 bits per heavy atom. The molecule has 0 heterocycles. The van der Waals surface area contributed by atoms with Gasteiger partial charge in [0.2, 0.25) is 5.91 Å². The van der Waals surface area contributed by atoms with Gasteiger partial charge in [-0.05, 0) is 18.1 Å². The summed E-state index contributed by atoms with van der Waals surface area (Å²) in [6.45, 7) is 4.55. The average molecular weight is 252 g/mol. The Kier molecular flexibility index (Phi) is 6.08. The van der Waals surface area contributed by atoms with Gasteiger partial charge in [0, 0.05) is 17.2 Å². The third kappa shape index (κ3) is 5.24. The van der Waals surface area contributed by atoms with E-state index in [1.807, 2.05) is 32.0 Å². The van der Waals surface area contributed by atoms with Crippen LogP contribution in [0.5, 0.6) is 0 Å². The van der Waals surface area contributed by atoms with Crippen LogP contribution < -0.4 is 11.1 Å². The number of amides is 1. The summed E-state index contributed by atoms with van der Waals surface area (Å²) >= 11 is 1.73. The van der Waals surface area contributed by atoms with Crippen molar-refractivity contribution >= 4 is 17.7 Å². The Hall–Kier alpha value is -1.00. The normalized spacial score (nSPS) is 12.5. The van der Waals surface area contributed by atoms with Crippen LogP contribution in [0.3, 0.4) is 0 Å². The molecule has 0 bridgehead atoms. The monoisotopic (exact) mass is 252 g/mol. The highest BCUT2D eigenvalue weighted by atomic mass is 32.2. The Balaban J connectivity index is 2.18. The first kappa shape index (κ1) is 14.1. The SMILES string of the molecule is CC(C)[C@H](N)C(=O)NCCSc1ccccc1. The molecule has 1 rings (SSSR count). The van der Waals surface area contributed by atoms with Crippen molar-refractivity contribution in [2.24, 2.45) is 11.7 Å². The summed E-state index contributed by atoms with van der Waals surface area (Å²) in [5.41, 5.74) is 5.73. The van der Waals surface area contributed by atoms with E-state index in [4.69, 9.17) is 5.73 Å². The van der Waals surface area contributed by atoms with E-state index in [0.29, 0.717) is 6.54 Å². The van der Waals surface area contributed by atoms with Crippen molar-refractivity contribution in [2.75, 3.05) is 12.3 Å². The van der Waals surface area contributed by atoms with Crippen LogP contribution in [-0.2, 0) is 4.79 Å². The lowest BCUT2D eigenvalue weighted by atomic mass is 10.1. The molecule has 0 aliphatic heterocycles. The van der Waals surface area contributed by atoms with Crippen molar-refractivity contribution < 1.29 is 4.79 Å². The Morgan fingerprint density at radius 1 is 1.35 bits per heavy atom. The number of nitrogens with two attached hydrogens (primary N) is 1. The standard InChI is InChI=1S/C13H20N2OS/c1-10(2)12(14)13(16)15-8-9-17-11-6-4-3-5-7-11/h3-7,10,12H,8-9,14H2,1-2H3,(H,15,16)/t12-/m0/s1. The number of thioether (sulfide) groups is 1. The molecule has 17 heavy (non-hydrogen) atoms. The molecule has 0 spiro atoms. The maximum Gasteiger partial charge on any atom is 0.237 e. The van der Waals surface area contributed by atoms with Crippen molar-refractivity contribution in [3.8, 4) is 0 Å². The van der Waals surface area contributed by atoms with Crippen molar-refractivity contribution in [2.45, 2.75) is 24.8 Å². The minimum atomic E-state index is -0.406. The van der Waals surface area contributed by atoms with Crippen LogP contribution in [-0.4, -0.2) is 24.2 Å². The fourth-order valence-electron chi connectivity index (χ4n) is 1.28. The topological polar surface area (TPSA) is 55.1 Å². The second-order valence-electron chi connectivity index (χ2n) is 4.22. The van der Waals surface area contributed by atoms with Gasteiger partial charge in [0.25, 0.3) is 0 Å². The molecular weight excluding hydrogens is 232 g/mol. The van der Waals surface area contributed by atoms with Gasteiger partial charge in [-0.15, -0.1) is 11.8 Å². The zero-order valence-corrected chi connectivity index (χ0v) is 11.2. The van der Waals surface area contributed by atoms with Gasteiger partial charge in [-0.2, -0.15) is 0 Å². The maximum atomic E-state index is 11.6.